The number of hydrogen-bond donors (Lipinski definition) is 0. The Morgan fingerprint density at radius 2 is 1.79 bits per heavy atom. The predicted octanol–water partition coefficient (Wildman–Crippen LogP) is 3.15. The zero-order valence-corrected chi connectivity index (χ0v) is 9.80. The van der Waals surface area contributed by atoms with E-state index in [1.165, 1.54) is 26.2 Å². The third-order valence-electron chi connectivity index (χ3n) is 3.13. The van der Waals surface area contributed by atoms with Crippen LogP contribution in [-0.2, 0) is 9.53 Å². The van der Waals surface area contributed by atoms with Gasteiger partial charge in [-0.3, -0.25) is 4.79 Å². The van der Waals surface area contributed by atoms with Gasteiger partial charge in [0, 0.05) is 12.8 Å². The molecule has 1 aliphatic rings. The summed E-state index contributed by atoms with van der Waals surface area (Å²) in [5.74, 6) is 0.395. The average Bonchev–Trinajstić information content (AvgIpc) is 2.01. The molecule has 0 unspecified atom stereocenters. The van der Waals surface area contributed by atoms with Crippen LogP contribution in [0.4, 0.5) is 0 Å². The lowest BCUT2D eigenvalue weighted by Gasteiger charge is -2.39. The van der Waals surface area contributed by atoms with E-state index in [2.05, 4.69) is 20.8 Å². The fraction of sp³-hybridized carbons (Fsp3) is 0.917. The van der Waals surface area contributed by atoms with E-state index in [1.54, 1.807) is 0 Å². The second-order valence-electron chi connectivity index (χ2n) is 5.40. The maximum atomic E-state index is 11.0. The summed E-state index contributed by atoms with van der Waals surface area (Å²) >= 11 is 0. The SMILES string of the molecule is CC(=O)O[C@@H]1CCCC[C@@H]1C(C)(C)C. The van der Waals surface area contributed by atoms with Crippen LogP contribution in [0.25, 0.3) is 0 Å². The summed E-state index contributed by atoms with van der Waals surface area (Å²) in [5.41, 5.74) is 0.251. The van der Waals surface area contributed by atoms with E-state index in [1.807, 2.05) is 0 Å². The number of carbonyl (C=O) groups excluding carboxylic acids is 1. The van der Waals surface area contributed by atoms with Gasteiger partial charge in [0.1, 0.15) is 6.10 Å². The Morgan fingerprint density at radius 1 is 1.21 bits per heavy atom. The van der Waals surface area contributed by atoms with Gasteiger partial charge in [0.05, 0.1) is 0 Å². The smallest absolute Gasteiger partial charge is 0.302 e. The highest BCUT2D eigenvalue weighted by atomic mass is 16.5. The summed E-state index contributed by atoms with van der Waals surface area (Å²) in [6, 6.07) is 0. The van der Waals surface area contributed by atoms with Crippen LogP contribution in [0.5, 0.6) is 0 Å². The zero-order chi connectivity index (χ0) is 10.8. The molecule has 0 aromatic heterocycles. The van der Waals surface area contributed by atoms with Gasteiger partial charge in [-0.2, -0.15) is 0 Å². The van der Waals surface area contributed by atoms with Gasteiger partial charge in [0.25, 0.3) is 0 Å². The van der Waals surface area contributed by atoms with Crippen LogP contribution < -0.4 is 0 Å². The van der Waals surface area contributed by atoms with E-state index in [0.717, 1.165) is 6.42 Å². The van der Waals surface area contributed by atoms with Crippen molar-refractivity contribution in [3.05, 3.63) is 0 Å². The summed E-state index contributed by atoms with van der Waals surface area (Å²) in [5, 5.41) is 0. The minimum atomic E-state index is -0.133. The first-order chi connectivity index (χ1) is 6.41. The van der Waals surface area contributed by atoms with Crippen molar-refractivity contribution >= 4 is 5.97 Å². The van der Waals surface area contributed by atoms with Gasteiger partial charge in [0.15, 0.2) is 0 Å². The van der Waals surface area contributed by atoms with Gasteiger partial charge in [-0.1, -0.05) is 27.2 Å². The highest BCUT2D eigenvalue weighted by Crippen LogP contribution is 2.39. The van der Waals surface area contributed by atoms with E-state index in [0.29, 0.717) is 5.92 Å². The molecule has 0 aromatic rings. The Balaban J connectivity index is 2.64. The van der Waals surface area contributed by atoms with Crippen LogP contribution >= 0.6 is 0 Å². The van der Waals surface area contributed by atoms with Crippen LogP contribution in [0, 0.1) is 11.3 Å². The summed E-state index contributed by atoms with van der Waals surface area (Å²) in [4.78, 5) is 11.0. The number of hydrogen-bond acceptors (Lipinski definition) is 2. The minimum absolute atomic E-state index is 0.133. The second kappa shape index (κ2) is 4.33. The summed E-state index contributed by atoms with van der Waals surface area (Å²) in [6.07, 6.45) is 4.87. The molecule has 0 aromatic carbocycles. The standard InChI is InChI=1S/C12H22O2/c1-9(13)14-11-8-6-5-7-10(11)12(2,3)4/h10-11H,5-8H2,1-4H3/t10-,11+/m0/s1. The molecular formula is C12H22O2. The lowest BCUT2D eigenvalue weighted by molar-refractivity contribution is -0.153. The lowest BCUT2D eigenvalue weighted by atomic mass is 9.71. The molecular weight excluding hydrogens is 176 g/mol. The van der Waals surface area contributed by atoms with Gasteiger partial charge in [-0.25, -0.2) is 0 Å². The fourth-order valence-corrected chi connectivity index (χ4v) is 2.44. The van der Waals surface area contributed by atoms with Crippen molar-refractivity contribution in [3.8, 4) is 0 Å². The van der Waals surface area contributed by atoms with Gasteiger partial charge in [-0.05, 0) is 24.7 Å². The first kappa shape index (κ1) is 11.5. The molecule has 0 aliphatic heterocycles. The normalized spacial score (nSPS) is 28.6. The molecule has 2 heteroatoms. The van der Waals surface area contributed by atoms with Crippen LogP contribution in [0.3, 0.4) is 0 Å². The van der Waals surface area contributed by atoms with E-state index in [9.17, 15) is 4.79 Å². The number of rotatable bonds is 1. The van der Waals surface area contributed by atoms with Gasteiger partial charge >= 0.3 is 5.97 Å². The Bertz CT molecular complexity index is 203. The van der Waals surface area contributed by atoms with E-state index in [-0.39, 0.29) is 17.5 Å². The second-order valence-corrected chi connectivity index (χ2v) is 5.40. The van der Waals surface area contributed by atoms with Crippen LogP contribution in [0.1, 0.15) is 53.4 Å². The fourth-order valence-electron chi connectivity index (χ4n) is 2.44. The molecule has 0 N–H and O–H groups in total. The molecule has 0 amide bonds. The quantitative estimate of drug-likeness (QED) is 0.605. The Labute approximate surface area is 87.0 Å². The average molecular weight is 198 g/mol. The molecule has 1 aliphatic carbocycles. The molecule has 1 rings (SSSR count). The molecule has 2 atom stereocenters. The molecule has 0 radical (unpaired) electrons. The molecule has 0 heterocycles. The van der Waals surface area contributed by atoms with Crippen molar-refractivity contribution in [1.29, 1.82) is 0 Å². The van der Waals surface area contributed by atoms with Crippen molar-refractivity contribution in [2.75, 3.05) is 0 Å². The molecule has 82 valence electrons. The third-order valence-corrected chi connectivity index (χ3v) is 3.13. The van der Waals surface area contributed by atoms with Crippen LogP contribution in [0.2, 0.25) is 0 Å². The Hall–Kier alpha value is -0.530. The molecule has 1 saturated carbocycles. The number of carbonyl (C=O) groups is 1. The maximum Gasteiger partial charge on any atom is 0.302 e. The van der Waals surface area contributed by atoms with Crippen molar-refractivity contribution < 1.29 is 9.53 Å². The van der Waals surface area contributed by atoms with Gasteiger partial charge < -0.3 is 4.74 Å². The van der Waals surface area contributed by atoms with Gasteiger partial charge in [-0.15, -0.1) is 0 Å². The lowest BCUT2D eigenvalue weighted by Crippen LogP contribution is -2.37. The van der Waals surface area contributed by atoms with E-state index in [4.69, 9.17) is 4.74 Å². The summed E-state index contributed by atoms with van der Waals surface area (Å²) < 4.78 is 5.39. The molecule has 1 fully saturated rings. The first-order valence-electron chi connectivity index (χ1n) is 5.58. The van der Waals surface area contributed by atoms with Gasteiger partial charge in [0.2, 0.25) is 0 Å². The van der Waals surface area contributed by atoms with E-state index >= 15 is 0 Å². The Morgan fingerprint density at radius 3 is 2.29 bits per heavy atom. The predicted molar refractivity (Wildman–Crippen MR) is 57.0 cm³/mol. The zero-order valence-electron chi connectivity index (χ0n) is 9.80. The van der Waals surface area contributed by atoms with Crippen molar-refractivity contribution in [3.63, 3.8) is 0 Å². The molecule has 2 nitrogen and oxygen atoms in total. The number of esters is 1. The molecule has 14 heavy (non-hydrogen) atoms. The highest BCUT2D eigenvalue weighted by molar-refractivity contribution is 5.66. The Kier molecular flexibility index (Phi) is 3.57. The van der Waals surface area contributed by atoms with E-state index < -0.39 is 0 Å². The van der Waals surface area contributed by atoms with Crippen molar-refractivity contribution in [2.24, 2.45) is 11.3 Å². The van der Waals surface area contributed by atoms with Crippen molar-refractivity contribution in [2.45, 2.75) is 59.5 Å². The maximum absolute atomic E-state index is 11.0. The largest absolute Gasteiger partial charge is 0.462 e. The topological polar surface area (TPSA) is 26.3 Å². The monoisotopic (exact) mass is 198 g/mol. The minimum Gasteiger partial charge on any atom is -0.462 e. The summed E-state index contributed by atoms with van der Waals surface area (Å²) in [6.45, 7) is 8.22. The van der Waals surface area contributed by atoms with Crippen LogP contribution in [0.15, 0.2) is 0 Å². The van der Waals surface area contributed by atoms with Crippen LogP contribution in [-0.4, -0.2) is 12.1 Å². The molecule has 0 spiro atoms. The van der Waals surface area contributed by atoms with Crippen molar-refractivity contribution in [1.82, 2.24) is 0 Å². The molecule has 0 bridgehead atoms. The molecule has 0 saturated heterocycles. The third kappa shape index (κ3) is 3.00. The summed E-state index contributed by atoms with van der Waals surface area (Å²) in [7, 11) is 0. The first-order valence-corrected chi connectivity index (χ1v) is 5.58. The highest BCUT2D eigenvalue weighted by Gasteiger charge is 2.35. The number of ether oxygens (including phenoxy) is 1.